The lowest BCUT2D eigenvalue weighted by molar-refractivity contribution is -0.137. The number of hydrogen-bond donors (Lipinski definition) is 0. The summed E-state index contributed by atoms with van der Waals surface area (Å²) in [6.45, 7) is 6.95. The van der Waals surface area contributed by atoms with Gasteiger partial charge in [-0.25, -0.2) is 18.4 Å². The summed E-state index contributed by atoms with van der Waals surface area (Å²) in [6, 6.07) is 13.9. The predicted octanol–water partition coefficient (Wildman–Crippen LogP) is 6.75. The minimum atomic E-state index is -0.769. The summed E-state index contributed by atoms with van der Waals surface area (Å²) < 4.78 is 40.9. The summed E-state index contributed by atoms with van der Waals surface area (Å²) in [5.41, 5.74) is 2.13. The minimum absolute atomic E-state index is 0.216. The van der Waals surface area contributed by atoms with Gasteiger partial charge in [0.1, 0.15) is 5.82 Å². The summed E-state index contributed by atoms with van der Waals surface area (Å²) in [6.07, 6.45) is 3.45. The molecule has 7 heteroatoms. The molecule has 3 aromatic carbocycles. The van der Waals surface area contributed by atoms with Gasteiger partial charge in [0.05, 0.1) is 16.0 Å². The third kappa shape index (κ3) is 4.61. The summed E-state index contributed by atoms with van der Waals surface area (Å²) >= 11 is 0.978. The lowest BCUT2D eigenvalue weighted by Gasteiger charge is -2.07. The Hall–Kier alpha value is -3.84. The van der Waals surface area contributed by atoms with Crippen molar-refractivity contribution in [2.24, 2.45) is 0 Å². The molecule has 0 spiro atoms. The van der Waals surface area contributed by atoms with Crippen molar-refractivity contribution in [1.29, 1.82) is 0 Å². The fourth-order valence-corrected chi connectivity index (χ4v) is 4.80. The van der Waals surface area contributed by atoms with Crippen LogP contribution in [0.4, 0.5) is 8.78 Å². The zero-order valence-corrected chi connectivity index (χ0v) is 18.9. The van der Waals surface area contributed by atoms with Gasteiger partial charge in [-0.1, -0.05) is 49.6 Å². The molecular weight excluding hydrogens is 458 g/mol. The van der Waals surface area contributed by atoms with Gasteiger partial charge in [0.2, 0.25) is 0 Å². The number of thiophene rings is 1. The summed E-state index contributed by atoms with van der Waals surface area (Å²) in [5, 5.41) is 1.14. The molecular formula is C27H20F2O4S. The van der Waals surface area contributed by atoms with Gasteiger partial charge >= 0.3 is 11.9 Å². The largest absolute Gasteiger partial charge is 0.463 e. The van der Waals surface area contributed by atoms with Gasteiger partial charge in [0, 0.05) is 28.5 Å². The molecule has 0 radical (unpaired) electrons. The van der Waals surface area contributed by atoms with Crippen LogP contribution in [-0.2, 0) is 20.7 Å². The molecule has 4 rings (SSSR count). The Morgan fingerprint density at radius 3 is 2.18 bits per heavy atom. The van der Waals surface area contributed by atoms with Crippen LogP contribution >= 0.6 is 11.3 Å². The second kappa shape index (κ2) is 9.97. The van der Waals surface area contributed by atoms with Crippen LogP contribution in [0.5, 0.6) is 5.75 Å². The first-order valence-corrected chi connectivity index (χ1v) is 11.3. The van der Waals surface area contributed by atoms with Gasteiger partial charge in [-0.2, -0.15) is 0 Å². The molecule has 0 aliphatic rings. The van der Waals surface area contributed by atoms with Gasteiger partial charge in [-0.3, -0.25) is 0 Å². The molecule has 0 saturated heterocycles. The maximum absolute atomic E-state index is 15.5. The molecule has 0 bridgehead atoms. The summed E-state index contributed by atoms with van der Waals surface area (Å²) in [5.74, 6) is -2.59. The molecule has 0 amide bonds. The number of benzene rings is 3. The van der Waals surface area contributed by atoms with Crippen molar-refractivity contribution in [1.82, 2.24) is 0 Å². The molecule has 172 valence electrons. The number of hydrogen-bond acceptors (Lipinski definition) is 5. The van der Waals surface area contributed by atoms with E-state index in [9.17, 15) is 14.0 Å². The van der Waals surface area contributed by atoms with E-state index in [2.05, 4.69) is 13.2 Å². The van der Waals surface area contributed by atoms with Gasteiger partial charge in [0.25, 0.3) is 0 Å². The van der Waals surface area contributed by atoms with Gasteiger partial charge in [0.15, 0.2) is 11.6 Å². The van der Waals surface area contributed by atoms with E-state index in [0.717, 1.165) is 29.1 Å². The van der Waals surface area contributed by atoms with E-state index in [0.29, 0.717) is 46.0 Å². The highest BCUT2D eigenvalue weighted by Gasteiger charge is 2.19. The molecule has 0 N–H and O–H groups in total. The molecule has 1 aromatic heterocycles. The topological polar surface area (TPSA) is 52.6 Å². The number of fused-ring (bicyclic) bond motifs is 3. The number of aryl methyl sites for hydroxylation is 1. The SMILES string of the molecule is C=CC(=O)OCCCc1ccc(-c2ccc3c(sc4c(F)c(OC(=O)C=C)ccc43)c2F)cc1. The third-order valence-corrected chi connectivity index (χ3v) is 6.52. The number of rotatable bonds is 8. The molecule has 0 aliphatic carbocycles. The molecule has 0 atom stereocenters. The van der Waals surface area contributed by atoms with Crippen LogP contribution in [-0.4, -0.2) is 18.5 Å². The Morgan fingerprint density at radius 2 is 1.50 bits per heavy atom. The smallest absolute Gasteiger partial charge is 0.335 e. The maximum atomic E-state index is 15.5. The fraction of sp³-hybridized carbons (Fsp3) is 0.111. The van der Waals surface area contributed by atoms with Crippen molar-refractivity contribution in [3.05, 3.63) is 91.0 Å². The zero-order valence-electron chi connectivity index (χ0n) is 18.1. The number of carbonyl (C=O) groups excluding carboxylic acids is 2. The minimum Gasteiger partial charge on any atom is -0.463 e. The van der Waals surface area contributed by atoms with Crippen molar-refractivity contribution in [2.45, 2.75) is 12.8 Å². The first-order valence-electron chi connectivity index (χ1n) is 10.5. The summed E-state index contributed by atoms with van der Waals surface area (Å²) in [4.78, 5) is 22.5. The average molecular weight is 479 g/mol. The Kier molecular flexibility index (Phi) is 6.84. The van der Waals surface area contributed by atoms with E-state index in [1.54, 1.807) is 18.2 Å². The maximum Gasteiger partial charge on any atom is 0.335 e. The Balaban J connectivity index is 1.60. The number of halogens is 2. The van der Waals surface area contributed by atoms with Crippen LogP contribution in [0, 0.1) is 11.6 Å². The van der Waals surface area contributed by atoms with Crippen molar-refractivity contribution in [2.75, 3.05) is 6.61 Å². The standard InChI is InChI=1S/C27H20F2O4S/c1-3-22(30)32-15-5-6-16-7-9-17(10-8-16)18-11-12-19-20-13-14-21(33-23(31)4-2)25(29)27(20)34-26(19)24(18)28/h3-4,7-14H,1-2,5-6,15H2. The Morgan fingerprint density at radius 1 is 0.853 bits per heavy atom. The summed E-state index contributed by atoms with van der Waals surface area (Å²) in [7, 11) is 0. The fourth-order valence-electron chi connectivity index (χ4n) is 3.63. The van der Waals surface area contributed by atoms with Crippen LogP contribution in [0.2, 0.25) is 0 Å². The van der Waals surface area contributed by atoms with Crippen molar-refractivity contribution >= 4 is 43.4 Å². The van der Waals surface area contributed by atoms with Gasteiger partial charge in [-0.05, 0) is 36.1 Å². The highest BCUT2D eigenvalue weighted by Crippen LogP contribution is 2.42. The number of ether oxygens (including phenoxy) is 2. The van der Waals surface area contributed by atoms with Crippen LogP contribution in [0.25, 0.3) is 31.3 Å². The highest BCUT2D eigenvalue weighted by molar-refractivity contribution is 7.26. The van der Waals surface area contributed by atoms with E-state index in [1.165, 1.54) is 6.07 Å². The van der Waals surface area contributed by atoms with Crippen molar-refractivity contribution in [3.8, 4) is 16.9 Å². The third-order valence-electron chi connectivity index (χ3n) is 5.32. The van der Waals surface area contributed by atoms with Gasteiger partial charge in [-0.15, -0.1) is 11.3 Å². The molecule has 0 aliphatic heterocycles. The first kappa shape index (κ1) is 23.3. The van der Waals surface area contributed by atoms with Crippen molar-refractivity contribution < 1.29 is 27.8 Å². The molecule has 34 heavy (non-hydrogen) atoms. The van der Waals surface area contributed by atoms with E-state index in [4.69, 9.17) is 9.47 Å². The predicted molar refractivity (Wildman–Crippen MR) is 130 cm³/mol. The molecule has 0 saturated carbocycles. The average Bonchev–Trinajstić information content (AvgIpc) is 3.24. The Labute approximate surface area is 198 Å². The first-order chi connectivity index (χ1) is 16.4. The number of carbonyl (C=O) groups is 2. The van der Waals surface area contributed by atoms with Crippen LogP contribution < -0.4 is 4.74 Å². The van der Waals surface area contributed by atoms with Crippen LogP contribution in [0.1, 0.15) is 12.0 Å². The van der Waals surface area contributed by atoms with Gasteiger partial charge < -0.3 is 9.47 Å². The normalized spacial score (nSPS) is 10.9. The number of esters is 2. The van der Waals surface area contributed by atoms with Crippen LogP contribution in [0.3, 0.4) is 0 Å². The van der Waals surface area contributed by atoms with E-state index >= 15 is 4.39 Å². The molecule has 4 nitrogen and oxygen atoms in total. The Bertz CT molecular complexity index is 1420. The van der Waals surface area contributed by atoms with E-state index in [1.807, 2.05) is 24.3 Å². The quantitative estimate of drug-likeness (QED) is 0.122. The monoisotopic (exact) mass is 478 g/mol. The van der Waals surface area contributed by atoms with E-state index in [-0.39, 0.29) is 10.4 Å². The molecule has 1 heterocycles. The second-order valence-corrected chi connectivity index (χ2v) is 8.48. The lowest BCUT2D eigenvalue weighted by atomic mass is 10.0. The lowest BCUT2D eigenvalue weighted by Crippen LogP contribution is -2.04. The molecule has 0 fully saturated rings. The van der Waals surface area contributed by atoms with Crippen molar-refractivity contribution in [3.63, 3.8) is 0 Å². The van der Waals surface area contributed by atoms with E-state index < -0.39 is 23.6 Å². The van der Waals surface area contributed by atoms with Crippen LogP contribution in [0.15, 0.2) is 73.8 Å². The molecule has 4 aromatic rings. The zero-order chi connectivity index (χ0) is 24.2. The molecule has 0 unspecified atom stereocenters. The highest BCUT2D eigenvalue weighted by atomic mass is 32.1. The second-order valence-electron chi connectivity index (χ2n) is 7.46.